The van der Waals surface area contributed by atoms with Gasteiger partial charge in [0, 0.05) is 44.5 Å². The number of benzene rings is 2. The number of nitrogens with one attached hydrogen (secondary N) is 2. The Morgan fingerprint density at radius 2 is 1.53 bits per heavy atom. The number of carbonyl (C=O) groups is 5. The maximum atomic E-state index is 13.8. The third-order valence-electron chi connectivity index (χ3n) is 7.80. The van der Waals surface area contributed by atoms with Crippen molar-refractivity contribution in [2.24, 2.45) is 5.41 Å². The Labute approximate surface area is 267 Å². The van der Waals surface area contributed by atoms with Gasteiger partial charge in [-0.3, -0.25) is 14.4 Å². The molecule has 0 saturated heterocycles. The summed E-state index contributed by atoms with van der Waals surface area (Å²) in [6, 6.07) is 16.6. The highest BCUT2D eigenvalue weighted by Gasteiger charge is 2.40. The van der Waals surface area contributed by atoms with Gasteiger partial charge in [0.2, 0.25) is 11.8 Å². The van der Waals surface area contributed by atoms with Crippen LogP contribution in [-0.4, -0.2) is 79.7 Å². The zero-order valence-electron chi connectivity index (χ0n) is 28.0. The SMILES string of the molecule is CNC(C(=O)NC(C(=O)N(C)C/C=C(\C)C(=O)ON(C)C(=O)CCC=O)C(C)(C)C)C(C)(C)c1cccc(-c2ccccc2)c1. The first kappa shape index (κ1) is 36.9. The lowest BCUT2D eigenvalue weighted by Gasteiger charge is -2.38. The summed E-state index contributed by atoms with van der Waals surface area (Å²) in [5, 5.41) is 6.96. The van der Waals surface area contributed by atoms with Crippen molar-refractivity contribution < 1.29 is 28.8 Å². The van der Waals surface area contributed by atoms with E-state index in [0.717, 1.165) is 21.8 Å². The molecule has 3 amide bonds. The Hall–Kier alpha value is -4.31. The average molecular weight is 621 g/mol. The molecule has 0 heterocycles. The average Bonchev–Trinajstić information content (AvgIpc) is 3.00. The fraction of sp³-hybridized carbons (Fsp3) is 0.457. The topological polar surface area (TPSA) is 125 Å². The molecule has 2 N–H and O–H groups in total. The van der Waals surface area contributed by atoms with Crippen LogP contribution in [0.2, 0.25) is 0 Å². The molecule has 244 valence electrons. The summed E-state index contributed by atoms with van der Waals surface area (Å²) in [5.74, 6) is -1.90. The maximum Gasteiger partial charge on any atom is 0.358 e. The number of hydroxylamine groups is 2. The normalized spacial score (nSPS) is 13.3. The number of amides is 3. The molecule has 0 saturated carbocycles. The standard InChI is InChI=1S/C35H48N4O6/c1-24(33(44)45-39(9)28(41)19-14-22-40)20-21-38(8)32(43)30(34(2,3)4)37-31(42)29(36-7)35(5,6)27-18-13-17-26(23-27)25-15-11-10-12-16-25/h10-13,15-18,20,22-23,29-30,36H,14,19,21H2,1-9H3,(H,37,42)/b24-20+. The number of likely N-dealkylation sites (N-methyl/N-ethyl adjacent to an activating group) is 2. The van der Waals surface area contributed by atoms with Crippen LogP contribution < -0.4 is 10.6 Å². The molecule has 10 nitrogen and oxygen atoms in total. The van der Waals surface area contributed by atoms with Gasteiger partial charge in [0.15, 0.2) is 0 Å². The Morgan fingerprint density at radius 1 is 0.911 bits per heavy atom. The van der Waals surface area contributed by atoms with Gasteiger partial charge < -0.3 is 25.2 Å². The summed E-state index contributed by atoms with van der Waals surface area (Å²) < 4.78 is 0. The highest BCUT2D eigenvalue weighted by Crippen LogP contribution is 2.31. The van der Waals surface area contributed by atoms with E-state index in [4.69, 9.17) is 4.84 Å². The second-order valence-corrected chi connectivity index (χ2v) is 12.8. The van der Waals surface area contributed by atoms with Gasteiger partial charge in [0.05, 0.1) is 6.04 Å². The summed E-state index contributed by atoms with van der Waals surface area (Å²) in [6.07, 6.45) is 2.09. The monoisotopic (exact) mass is 620 g/mol. The van der Waals surface area contributed by atoms with Crippen LogP contribution in [0.15, 0.2) is 66.2 Å². The van der Waals surface area contributed by atoms with Gasteiger partial charge in [0.1, 0.15) is 12.3 Å². The van der Waals surface area contributed by atoms with Crippen LogP contribution in [-0.2, 0) is 34.2 Å². The number of hydrogen-bond acceptors (Lipinski definition) is 7. The van der Waals surface area contributed by atoms with E-state index in [1.165, 1.54) is 24.9 Å². The van der Waals surface area contributed by atoms with Crippen LogP contribution in [0.5, 0.6) is 0 Å². The Bertz CT molecular complexity index is 1380. The Kier molecular flexibility index (Phi) is 13.2. The van der Waals surface area contributed by atoms with Crippen molar-refractivity contribution in [1.29, 1.82) is 0 Å². The minimum atomic E-state index is -0.862. The molecule has 2 aromatic rings. The smallest absolute Gasteiger partial charge is 0.342 e. The lowest BCUT2D eigenvalue weighted by molar-refractivity contribution is -0.189. The van der Waals surface area contributed by atoms with Crippen molar-refractivity contribution in [2.45, 2.75) is 71.9 Å². The van der Waals surface area contributed by atoms with Crippen molar-refractivity contribution in [3.8, 4) is 11.1 Å². The zero-order chi connectivity index (χ0) is 33.9. The molecule has 0 aromatic heterocycles. The molecule has 2 atom stereocenters. The number of aldehydes is 1. The first-order valence-corrected chi connectivity index (χ1v) is 15.0. The molecular formula is C35H48N4O6. The van der Waals surface area contributed by atoms with Crippen LogP contribution in [0.25, 0.3) is 11.1 Å². The molecule has 2 unspecified atom stereocenters. The van der Waals surface area contributed by atoms with Crippen molar-refractivity contribution in [3.63, 3.8) is 0 Å². The molecule has 0 aliphatic heterocycles. The van der Waals surface area contributed by atoms with Gasteiger partial charge in [-0.05, 0) is 36.1 Å². The van der Waals surface area contributed by atoms with E-state index in [2.05, 4.69) is 16.7 Å². The molecular weight excluding hydrogens is 572 g/mol. The molecule has 0 aliphatic carbocycles. The quantitative estimate of drug-likeness (QED) is 0.197. The molecule has 45 heavy (non-hydrogen) atoms. The van der Waals surface area contributed by atoms with Crippen LogP contribution in [0.3, 0.4) is 0 Å². The Balaban J connectivity index is 2.19. The highest BCUT2D eigenvalue weighted by molar-refractivity contribution is 5.92. The van der Waals surface area contributed by atoms with Crippen molar-refractivity contribution in [1.82, 2.24) is 20.6 Å². The zero-order valence-corrected chi connectivity index (χ0v) is 28.0. The molecule has 0 bridgehead atoms. The van der Waals surface area contributed by atoms with Crippen LogP contribution in [0.4, 0.5) is 0 Å². The third-order valence-corrected chi connectivity index (χ3v) is 7.80. The highest BCUT2D eigenvalue weighted by atomic mass is 16.7. The van der Waals surface area contributed by atoms with Crippen molar-refractivity contribution >= 4 is 30.0 Å². The summed E-state index contributed by atoms with van der Waals surface area (Å²) >= 11 is 0. The van der Waals surface area contributed by atoms with Crippen molar-refractivity contribution in [3.05, 3.63) is 71.8 Å². The van der Waals surface area contributed by atoms with Gasteiger partial charge in [-0.25, -0.2) is 4.79 Å². The summed E-state index contributed by atoms with van der Waals surface area (Å²) in [6.45, 7) is 11.2. The van der Waals surface area contributed by atoms with E-state index in [1.54, 1.807) is 14.1 Å². The van der Waals surface area contributed by atoms with E-state index in [-0.39, 0.29) is 36.8 Å². The third kappa shape index (κ3) is 10.1. The van der Waals surface area contributed by atoms with Gasteiger partial charge >= 0.3 is 5.97 Å². The van der Waals surface area contributed by atoms with Gasteiger partial charge in [-0.2, -0.15) is 5.06 Å². The maximum absolute atomic E-state index is 13.8. The summed E-state index contributed by atoms with van der Waals surface area (Å²) in [4.78, 5) is 68.9. The van der Waals surface area contributed by atoms with Crippen LogP contribution in [0, 0.1) is 5.41 Å². The molecule has 2 aromatic carbocycles. The minimum absolute atomic E-state index is 0.0297. The van der Waals surface area contributed by atoms with Crippen molar-refractivity contribution in [2.75, 3.05) is 27.7 Å². The largest absolute Gasteiger partial charge is 0.358 e. The second-order valence-electron chi connectivity index (χ2n) is 12.8. The van der Waals surface area contributed by atoms with E-state index in [1.807, 2.05) is 83.1 Å². The van der Waals surface area contributed by atoms with Gasteiger partial charge in [0.25, 0.3) is 5.91 Å². The van der Waals surface area contributed by atoms with E-state index >= 15 is 0 Å². The molecule has 0 radical (unpaired) electrons. The van der Waals surface area contributed by atoms with E-state index in [9.17, 15) is 24.0 Å². The van der Waals surface area contributed by atoms with Gasteiger partial charge in [-0.1, -0.05) is 95.3 Å². The predicted octanol–water partition coefficient (Wildman–Crippen LogP) is 4.05. The first-order chi connectivity index (χ1) is 21.0. The summed E-state index contributed by atoms with van der Waals surface area (Å²) in [7, 11) is 4.61. The number of carbonyl (C=O) groups excluding carboxylic acids is 5. The number of rotatable bonds is 13. The number of hydrogen-bond donors (Lipinski definition) is 2. The van der Waals surface area contributed by atoms with Gasteiger partial charge in [-0.15, -0.1) is 0 Å². The lowest BCUT2D eigenvalue weighted by Crippen LogP contribution is -2.60. The molecule has 0 aliphatic rings. The van der Waals surface area contributed by atoms with E-state index in [0.29, 0.717) is 6.29 Å². The number of nitrogens with zero attached hydrogens (tertiary/aromatic N) is 2. The van der Waals surface area contributed by atoms with Crippen LogP contribution in [0.1, 0.15) is 59.9 Å². The van der Waals surface area contributed by atoms with Crippen LogP contribution >= 0.6 is 0 Å². The predicted molar refractivity (Wildman–Crippen MR) is 175 cm³/mol. The molecule has 10 heteroatoms. The molecule has 0 spiro atoms. The molecule has 0 fully saturated rings. The second kappa shape index (κ2) is 16.1. The molecule has 2 rings (SSSR count). The fourth-order valence-corrected chi connectivity index (χ4v) is 4.85. The lowest BCUT2D eigenvalue weighted by atomic mass is 9.76. The Morgan fingerprint density at radius 3 is 2.11 bits per heavy atom. The minimum Gasteiger partial charge on any atom is -0.342 e. The summed E-state index contributed by atoms with van der Waals surface area (Å²) in [5.41, 5.74) is 2.02. The first-order valence-electron chi connectivity index (χ1n) is 15.0. The van der Waals surface area contributed by atoms with E-state index < -0.39 is 34.8 Å². The fourth-order valence-electron chi connectivity index (χ4n) is 4.85.